The summed E-state index contributed by atoms with van der Waals surface area (Å²) in [5, 5.41) is 0. The summed E-state index contributed by atoms with van der Waals surface area (Å²) in [6, 6.07) is 0.912. The van der Waals surface area contributed by atoms with Crippen molar-refractivity contribution in [3.63, 3.8) is 0 Å². The molecule has 10 heavy (non-hydrogen) atoms. The first-order valence-corrected chi connectivity index (χ1v) is 7.70. The quantitative estimate of drug-likeness (QED) is 0.465. The summed E-state index contributed by atoms with van der Waals surface area (Å²) in [5.41, 5.74) is 0.334. The van der Waals surface area contributed by atoms with Gasteiger partial charge in [0.2, 0.25) is 0 Å². The fourth-order valence-corrected chi connectivity index (χ4v) is 3.08. The maximum Gasteiger partial charge on any atom is 0.261 e. The molecule has 0 saturated carbocycles. The average Bonchev–Trinajstić information content (AvgIpc) is 2.38. The van der Waals surface area contributed by atoms with Crippen molar-refractivity contribution in [2.45, 2.75) is 18.5 Å². The number of hydrogen-bond donors (Lipinski definition) is 0. The third-order valence-corrected chi connectivity index (χ3v) is 7.13. The minimum atomic E-state index is -1.97. The van der Waals surface area contributed by atoms with Gasteiger partial charge in [0.15, 0.2) is 0 Å². The molecule has 0 aromatic rings. The molecule has 1 rings (SSSR count). The van der Waals surface area contributed by atoms with Gasteiger partial charge in [0, 0.05) is 5.54 Å². The van der Waals surface area contributed by atoms with Crippen molar-refractivity contribution in [1.29, 1.82) is 0 Å². The molecule has 1 aliphatic carbocycles. The number of allylic oxidation sites excluding steroid dienone is 4. The lowest BCUT2D eigenvalue weighted by Gasteiger charge is -2.18. The molecule has 56 valence electrons. The van der Waals surface area contributed by atoms with Crippen LogP contribution in [0.25, 0.3) is 0 Å². The Bertz CT molecular complexity index is 160. The van der Waals surface area contributed by atoms with Crippen LogP contribution < -0.4 is 0 Å². The predicted octanol–water partition coefficient (Wildman–Crippen LogP) is 3.42. The van der Waals surface area contributed by atoms with Crippen LogP contribution >= 0.6 is 22.2 Å². The Morgan fingerprint density at radius 1 is 1.30 bits per heavy atom. The summed E-state index contributed by atoms with van der Waals surface area (Å²) >= 11 is 12.3. The summed E-state index contributed by atoms with van der Waals surface area (Å²) in [6.45, 7) is 0.0745. The normalized spacial score (nSPS) is 18.7. The minimum absolute atomic E-state index is 0.334. The van der Waals surface area contributed by atoms with Crippen LogP contribution in [-0.4, -0.2) is 6.69 Å². The summed E-state index contributed by atoms with van der Waals surface area (Å²) in [5.74, 6) is 0. The summed E-state index contributed by atoms with van der Waals surface area (Å²) in [6.07, 6.45) is 8.17. The third-order valence-electron chi connectivity index (χ3n) is 1.71. The lowest BCUT2D eigenvalue weighted by molar-refractivity contribution is 1.29. The number of halogens is 2. The summed E-state index contributed by atoms with van der Waals surface area (Å²) in [7, 11) is 0. The van der Waals surface area contributed by atoms with Gasteiger partial charge in [0.25, 0.3) is 6.69 Å². The molecule has 0 bridgehead atoms. The van der Waals surface area contributed by atoms with Crippen LogP contribution in [0.4, 0.5) is 0 Å². The average molecular weight is 193 g/mol. The molecular formula is C7H10Cl2Si. The zero-order chi connectivity index (χ0) is 7.61. The fourth-order valence-electron chi connectivity index (χ4n) is 0.949. The minimum Gasteiger partial charge on any atom is -0.145 e. The highest BCUT2D eigenvalue weighted by molar-refractivity contribution is 7.46. The van der Waals surface area contributed by atoms with E-state index in [1.54, 1.807) is 0 Å². The maximum atomic E-state index is 6.13. The van der Waals surface area contributed by atoms with Gasteiger partial charge in [-0.05, 0) is 6.04 Å². The first-order valence-electron chi connectivity index (χ1n) is 3.39. The highest BCUT2D eigenvalue weighted by atomic mass is 35.7. The van der Waals surface area contributed by atoms with Crippen molar-refractivity contribution in [2.24, 2.45) is 0 Å². The molecule has 0 heterocycles. The first-order chi connectivity index (χ1) is 4.67. The van der Waals surface area contributed by atoms with Gasteiger partial charge in [-0.15, -0.1) is 22.2 Å². The number of hydrogen-bond acceptors (Lipinski definition) is 0. The highest BCUT2D eigenvalue weighted by Gasteiger charge is 2.33. The predicted molar refractivity (Wildman–Crippen MR) is 50.0 cm³/mol. The molecular weight excluding hydrogens is 183 g/mol. The molecule has 0 unspecified atom stereocenters. The van der Waals surface area contributed by atoms with Crippen molar-refractivity contribution >= 4 is 28.9 Å². The van der Waals surface area contributed by atoms with E-state index in [0.29, 0.717) is 5.54 Å². The molecule has 0 aliphatic heterocycles. The van der Waals surface area contributed by atoms with Crippen LogP contribution in [0.15, 0.2) is 24.3 Å². The Balaban J connectivity index is 2.64. The molecule has 0 N–H and O–H groups in total. The Morgan fingerprint density at radius 2 is 1.80 bits per heavy atom. The van der Waals surface area contributed by atoms with Crippen LogP contribution in [0.1, 0.15) is 6.92 Å². The lowest BCUT2D eigenvalue weighted by Crippen LogP contribution is -2.22. The second-order valence-corrected chi connectivity index (χ2v) is 9.93. The molecule has 3 heteroatoms. The molecule has 0 aromatic heterocycles. The van der Waals surface area contributed by atoms with E-state index >= 15 is 0 Å². The molecule has 0 nitrogen and oxygen atoms in total. The van der Waals surface area contributed by atoms with Crippen LogP contribution in [0, 0.1) is 0 Å². The first kappa shape index (κ1) is 8.37. The standard InChI is InChI=1S/C7H10Cl2Si/c1-2-10(8,9)7-5-3-4-6-7/h3-7H,2H2,1H3. The molecule has 1 aliphatic rings. The van der Waals surface area contributed by atoms with Crippen molar-refractivity contribution in [2.75, 3.05) is 0 Å². The third kappa shape index (κ3) is 1.65. The largest absolute Gasteiger partial charge is 0.261 e. The van der Waals surface area contributed by atoms with Gasteiger partial charge in [-0.25, -0.2) is 0 Å². The Labute approximate surface area is 71.9 Å². The zero-order valence-electron chi connectivity index (χ0n) is 5.85. The monoisotopic (exact) mass is 192 g/mol. The van der Waals surface area contributed by atoms with Gasteiger partial charge in [-0.3, -0.25) is 0 Å². The zero-order valence-corrected chi connectivity index (χ0v) is 8.36. The molecule has 0 amide bonds. The van der Waals surface area contributed by atoms with Crippen LogP contribution in [-0.2, 0) is 0 Å². The Kier molecular flexibility index (Phi) is 2.61. The second-order valence-electron chi connectivity index (χ2n) is 2.41. The summed E-state index contributed by atoms with van der Waals surface area (Å²) < 4.78 is 0. The lowest BCUT2D eigenvalue weighted by atomic mass is 10.5. The van der Waals surface area contributed by atoms with Gasteiger partial charge in [0.05, 0.1) is 0 Å². The fraction of sp³-hybridized carbons (Fsp3) is 0.429. The second kappa shape index (κ2) is 3.12. The van der Waals surface area contributed by atoms with Crippen molar-refractivity contribution in [3.05, 3.63) is 24.3 Å². The van der Waals surface area contributed by atoms with Gasteiger partial charge < -0.3 is 0 Å². The van der Waals surface area contributed by atoms with E-state index in [9.17, 15) is 0 Å². The van der Waals surface area contributed by atoms with E-state index in [1.165, 1.54) is 0 Å². The van der Waals surface area contributed by atoms with Crippen molar-refractivity contribution in [3.8, 4) is 0 Å². The topological polar surface area (TPSA) is 0 Å². The van der Waals surface area contributed by atoms with Gasteiger partial charge in [-0.2, -0.15) is 0 Å². The van der Waals surface area contributed by atoms with E-state index in [2.05, 4.69) is 12.2 Å². The van der Waals surface area contributed by atoms with Gasteiger partial charge in [0.1, 0.15) is 0 Å². The maximum absolute atomic E-state index is 6.13. The van der Waals surface area contributed by atoms with Crippen LogP contribution in [0.2, 0.25) is 11.6 Å². The Morgan fingerprint density at radius 3 is 2.20 bits per heavy atom. The SMILES string of the molecule is CC[Si](Cl)(Cl)C1C=CC=C1. The van der Waals surface area contributed by atoms with E-state index in [4.69, 9.17) is 22.2 Å². The van der Waals surface area contributed by atoms with E-state index in [0.717, 1.165) is 6.04 Å². The van der Waals surface area contributed by atoms with E-state index < -0.39 is 6.69 Å². The van der Waals surface area contributed by atoms with E-state index in [1.807, 2.05) is 19.1 Å². The molecule has 0 fully saturated rings. The molecule has 0 aromatic carbocycles. The molecule has 0 radical (unpaired) electrons. The smallest absolute Gasteiger partial charge is 0.145 e. The van der Waals surface area contributed by atoms with Gasteiger partial charge >= 0.3 is 0 Å². The van der Waals surface area contributed by atoms with E-state index in [-0.39, 0.29) is 0 Å². The molecule has 0 atom stereocenters. The number of rotatable bonds is 2. The van der Waals surface area contributed by atoms with Crippen LogP contribution in [0.3, 0.4) is 0 Å². The molecule has 0 saturated heterocycles. The van der Waals surface area contributed by atoms with Crippen molar-refractivity contribution < 1.29 is 0 Å². The van der Waals surface area contributed by atoms with Gasteiger partial charge in [-0.1, -0.05) is 31.2 Å². The van der Waals surface area contributed by atoms with Crippen molar-refractivity contribution in [1.82, 2.24) is 0 Å². The highest BCUT2D eigenvalue weighted by Crippen LogP contribution is 2.37. The summed E-state index contributed by atoms with van der Waals surface area (Å²) in [4.78, 5) is 0. The molecule has 0 spiro atoms. The van der Waals surface area contributed by atoms with Crippen LogP contribution in [0.5, 0.6) is 0 Å². The Hall–Kier alpha value is 0.277.